The van der Waals surface area contributed by atoms with Gasteiger partial charge in [0.15, 0.2) is 4.80 Å². The Morgan fingerprint density at radius 2 is 1.79 bits per heavy atom. The van der Waals surface area contributed by atoms with E-state index in [1.165, 1.54) is 11.3 Å². The number of fused-ring (bicyclic) bond motifs is 1. The van der Waals surface area contributed by atoms with Gasteiger partial charge in [-0.3, -0.25) is 9.36 Å². The summed E-state index contributed by atoms with van der Waals surface area (Å²) in [5.74, 6) is 0.326. The molecule has 2 aromatic carbocycles. The van der Waals surface area contributed by atoms with Crippen molar-refractivity contribution in [2.24, 2.45) is 4.99 Å². The molecule has 34 heavy (non-hydrogen) atoms. The third-order valence-corrected chi connectivity index (χ3v) is 6.44. The fourth-order valence-corrected chi connectivity index (χ4v) is 4.97. The van der Waals surface area contributed by atoms with Crippen molar-refractivity contribution in [1.82, 2.24) is 4.57 Å². The van der Waals surface area contributed by atoms with Gasteiger partial charge < -0.3 is 9.47 Å². The first kappa shape index (κ1) is 23.7. The highest BCUT2D eigenvalue weighted by atomic mass is 32.1. The summed E-state index contributed by atoms with van der Waals surface area (Å²) in [6.45, 7) is 9.76. The second-order valence-corrected chi connectivity index (χ2v) is 9.46. The highest BCUT2D eigenvalue weighted by Gasteiger charge is 2.33. The van der Waals surface area contributed by atoms with Crippen molar-refractivity contribution >= 4 is 23.4 Å². The summed E-state index contributed by atoms with van der Waals surface area (Å²) < 4.78 is 13.2. The van der Waals surface area contributed by atoms with Crippen molar-refractivity contribution in [3.63, 3.8) is 0 Å². The SMILES string of the molecule is CCOC(=O)C1=C(C)N=c2s/c(=C/c3ccc(OC(C)C)cc3)c(=O)n2[C@H]1c1ccc(C)cc1. The maximum absolute atomic E-state index is 13.6. The lowest BCUT2D eigenvalue weighted by Gasteiger charge is -2.24. The Bertz CT molecular complexity index is 1410. The van der Waals surface area contributed by atoms with E-state index in [9.17, 15) is 9.59 Å². The first-order chi connectivity index (χ1) is 16.3. The maximum atomic E-state index is 13.6. The predicted molar refractivity (Wildman–Crippen MR) is 134 cm³/mol. The summed E-state index contributed by atoms with van der Waals surface area (Å²) in [7, 11) is 0. The molecule has 0 aliphatic carbocycles. The van der Waals surface area contributed by atoms with Crippen molar-refractivity contribution in [2.45, 2.75) is 46.8 Å². The molecule has 1 atom stereocenters. The highest BCUT2D eigenvalue weighted by Crippen LogP contribution is 2.30. The lowest BCUT2D eigenvalue weighted by atomic mass is 9.95. The molecule has 0 saturated heterocycles. The van der Waals surface area contributed by atoms with E-state index in [0.717, 1.165) is 22.4 Å². The Hall–Kier alpha value is -3.45. The summed E-state index contributed by atoms with van der Waals surface area (Å²) in [5.41, 5.74) is 3.58. The van der Waals surface area contributed by atoms with Crippen LogP contribution < -0.4 is 19.6 Å². The number of ether oxygens (including phenoxy) is 2. The van der Waals surface area contributed by atoms with Gasteiger partial charge in [0.05, 0.1) is 34.6 Å². The number of rotatable bonds is 6. The monoisotopic (exact) mass is 476 g/mol. The van der Waals surface area contributed by atoms with E-state index in [0.29, 0.717) is 20.6 Å². The van der Waals surface area contributed by atoms with Gasteiger partial charge in [0.2, 0.25) is 0 Å². The zero-order valence-corrected chi connectivity index (χ0v) is 20.8. The smallest absolute Gasteiger partial charge is 0.338 e. The number of thiazole rings is 1. The lowest BCUT2D eigenvalue weighted by Crippen LogP contribution is -2.39. The van der Waals surface area contributed by atoms with Crippen molar-refractivity contribution in [3.8, 4) is 5.75 Å². The molecular weight excluding hydrogens is 448 g/mol. The number of aromatic nitrogens is 1. The van der Waals surface area contributed by atoms with Gasteiger partial charge >= 0.3 is 5.97 Å². The average molecular weight is 477 g/mol. The van der Waals surface area contributed by atoms with E-state index in [2.05, 4.69) is 4.99 Å². The minimum Gasteiger partial charge on any atom is -0.491 e. The van der Waals surface area contributed by atoms with E-state index >= 15 is 0 Å². The average Bonchev–Trinajstić information content (AvgIpc) is 3.09. The molecule has 0 amide bonds. The standard InChI is InChI=1S/C27H28N2O4S/c1-6-32-26(31)23-18(5)28-27-29(24(23)20-11-7-17(4)8-12-20)25(30)22(34-27)15-19-9-13-21(14-10-19)33-16(2)3/h7-16,24H,6H2,1-5H3/b22-15+/t24-/m0/s1. The summed E-state index contributed by atoms with van der Waals surface area (Å²) in [6.07, 6.45) is 1.94. The number of aryl methyl sites for hydroxylation is 1. The highest BCUT2D eigenvalue weighted by molar-refractivity contribution is 7.07. The lowest BCUT2D eigenvalue weighted by molar-refractivity contribution is -0.139. The number of hydrogen-bond donors (Lipinski definition) is 0. The van der Waals surface area contributed by atoms with Crippen molar-refractivity contribution in [1.29, 1.82) is 0 Å². The molecule has 0 N–H and O–H groups in total. The molecule has 1 aliphatic heterocycles. The number of nitrogens with zero attached hydrogens (tertiary/aromatic N) is 2. The fourth-order valence-electron chi connectivity index (χ4n) is 3.92. The molecule has 7 heteroatoms. The zero-order valence-electron chi connectivity index (χ0n) is 20.0. The molecule has 4 rings (SSSR count). The summed E-state index contributed by atoms with van der Waals surface area (Å²) in [5, 5.41) is 0. The van der Waals surface area contributed by atoms with Gasteiger partial charge in [0, 0.05) is 0 Å². The Labute approximate surface area is 202 Å². The number of carbonyl (C=O) groups excluding carboxylic acids is 1. The second-order valence-electron chi connectivity index (χ2n) is 8.45. The van der Waals surface area contributed by atoms with Crippen LogP contribution in [0.3, 0.4) is 0 Å². The molecule has 2 heterocycles. The Kier molecular flexibility index (Phi) is 6.84. The number of carbonyl (C=O) groups is 1. The molecule has 1 aliphatic rings. The molecule has 176 valence electrons. The maximum Gasteiger partial charge on any atom is 0.338 e. The Morgan fingerprint density at radius 3 is 2.41 bits per heavy atom. The molecule has 0 saturated carbocycles. The van der Waals surface area contributed by atoms with Crippen LogP contribution in [0, 0.1) is 6.92 Å². The minimum atomic E-state index is -0.597. The molecule has 1 aromatic heterocycles. The third kappa shape index (κ3) is 4.75. The predicted octanol–water partition coefficient (Wildman–Crippen LogP) is 3.89. The van der Waals surface area contributed by atoms with E-state index in [4.69, 9.17) is 9.47 Å². The van der Waals surface area contributed by atoms with E-state index in [1.54, 1.807) is 18.4 Å². The van der Waals surface area contributed by atoms with Crippen molar-refractivity contribution < 1.29 is 14.3 Å². The van der Waals surface area contributed by atoms with Crippen LogP contribution >= 0.6 is 11.3 Å². The van der Waals surface area contributed by atoms with Crippen LogP contribution in [0.5, 0.6) is 5.75 Å². The summed E-state index contributed by atoms with van der Waals surface area (Å²) in [6, 6.07) is 14.9. The molecule has 0 fully saturated rings. The van der Waals surface area contributed by atoms with Gasteiger partial charge in [-0.2, -0.15) is 0 Å². The second kappa shape index (κ2) is 9.81. The van der Waals surface area contributed by atoms with Crippen molar-refractivity contribution in [3.05, 3.63) is 96.2 Å². The topological polar surface area (TPSA) is 69.9 Å². The van der Waals surface area contributed by atoms with Crippen LogP contribution in [0.4, 0.5) is 0 Å². The van der Waals surface area contributed by atoms with Gasteiger partial charge in [0.25, 0.3) is 5.56 Å². The molecular formula is C27H28N2O4S. The van der Waals surface area contributed by atoms with Crippen LogP contribution in [-0.2, 0) is 9.53 Å². The number of esters is 1. The summed E-state index contributed by atoms with van der Waals surface area (Å²) in [4.78, 5) is 31.7. The normalized spacial score (nSPS) is 15.8. The largest absolute Gasteiger partial charge is 0.491 e. The number of benzene rings is 2. The quantitative estimate of drug-likeness (QED) is 0.506. The molecule has 6 nitrogen and oxygen atoms in total. The van der Waals surface area contributed by atoms with Crippen LogP contribution in [-0.4, -0.2) is 23.2 Å². The molecule has 0 radical (unpaired) electrons. The van der Waals surface area contributed by atoms with Gasteiger partial charge in [-0.15, -0.1) is 0 Å². The molecule has 0 bridgehead atoms. The van der Waals surface area contributed by atoms with Gasteiger partial charge in [0.1, 0.15) is 5.75 Å². The molecule has 0 spiro atoms. The first-order valence-corrected chi connectivity index (χ1v) is 12.1. The zero-order chi connectivity index (χ0) is 24.4. The van der Waals surface area contributed by atoms with E-state index in [-0.39, 0.29) is 18.3 Å². The van der Waals surface area contributed by atoms with Crippen LogP contribution in [0.15, 0.2) is 69.6 Å². The fraction of sp³-hybridized carbons (Fsp3) is 0.296. The first-order valence-electron chi connectivity index (χ1n) is 11.3. The van der Waals surface area contributed by atoms with Gasteiger partial charge in [-0.1, -0.05) is 53.3 Å². The number of hydrogen-bond acceptors (Lipinski definition) is 6. The molecule has 3 aromatic rings. The minimum absolute atomic E-state index is 0.0909. The van der Waals surface area contributed by atoms with Crippen molar-refractivity contribution in [2.75, 3.05) is 6.61 Å². The summed E-state index contributed by atoms with van der Waals surface area (Å²) >= 11 is 1.31. The Balaban J connectivity index is 1.85. The third-order valence-electron chi connectivity index (χ3n) is 5.46. The van der Waals surface area contributed by atoms with Crippen LogP contribution in [0.1, 0.15) is 50.4 Å². The van der Waals surface area contributed by atoms with Gasteiger partial charge in [-0.25, -0.2) is 9.79 Å². The van der Waals surface area contributed by atoms with Crippen LogP contribution in [0.2, 0.25) is 0 Å². The number of allylic oxidation sites excluding steroid dienone is 1. The Morgan fingerprint density at radius 1 is 1.12 bits per heavy atom. The van der Waals surface area contributed by atoms with E-state index < -0.39 is 12.0 Å². The van der Waals surface area contributed by atoms with Gasteiger partial charge in [-0.05, 0) is 64.0 Å². The molecule has 0 unspecified atom stereocenters. The van der Waals surface area contributed by atoms with E-state index in [1.807, 2.05) is 75.4 Å². The van der Waals surface area contributed by atoms with Crippen LogP contribution in [0.25, 0.3) is 6.08 Å².